The molecule has 62 valence electrons. The lowest BCUT2D eigenvalue weighted by Gasteiger charge is -2.52. The molecule has 0 N–H and O–H groups in total. The first-order chi connectivity index (χ1) is 5.37. The molecule has 2 rings (SSSR count). The molecule has 11 heavy (non-hydrogen) atoms. The summed E-state index contributed by atoms with van der Waals surface area (Å²) in [6.45, 7) is 2.55. The molecule has 2 heterocycles. The van der Waals surface area contributed by atoms with Crippen molar-refractivity contribution < 1.29 is 9.53 Å². The van der Waals surface area contributed by atoms with E-state index >= 15 is 0 Å². The number of amides is 1. The summed E-state index contributed by atoms with van der Waals surface area (Å²) >= 11 is 0. The Morgan fingerprint density at radius 3 is 2.82 bits per heavy atom. The van der Waals surface area contributed by atoms with Gasteiger partial charge in [-0.1, -0.05) is 0 Å². The van der Waals surface area contributed by atoms with Gasteiger partial charge in [0.15, 0.2) is 0 Å². The van der Waals surface area contributed by atoms with Crippen LogP contribution in [0.2, 0.25) is 0 Å². The van der Waals surface area contributed by atoms with Crippen molar-refractivity contribution >= 4 is 6.41 Å². The monoisotopic (exact) mass is 155 g/mol. The third-order valence-corrected chi connectivity index (χ3v) is 2.86. The van der Waals surface area contributed by atoms with Crippen molar-refractivity contribution in [1.82, 2.24) is 4.90 Å². The SMILES string of the molecule is O=CN1CCC12CCCOC2. The first kappa shape index (κ1) is 7.10. The van der Waals surface area contributed by atoms with Crippen LogP contribution in [0.25, 0.3) is 0 Å². The Morgan fingerprint density at radius 2 is 2.36 bits per heavy atom. The maximum absolute atomic E-state index is 10.5. The summed E-state index contributed by atoms with van der Waals surface area (Å²) in [7, 11) is 0. The molecule has 0 aromatic heterocycles. The van der Waals surface area contributed by atoms with E-state index in [1.165, 1.54) is 0 Å². The van der Waals surface area contributed by atoms with Crippen molar-refractivity contribution in [1.29, 1.82) is 0 Å². The third-order valence-electron chi connectivity index (χ3n) is 2.86. The molecule has 0 bridgehead atoms. The molecule has 2 aliphatic rings. The molecule has 2 aliphatic heterocycles. The van der Waals surface area contributed by atoms with Crippen LogP contribution in [0.1, 0.15) is 19.3 Å². The molecular weight excluding hydrogens is 142 g/mol. The molecule has 0 aromatic carbocycles. The Morgan fingerprint density at radius 1 is 1.45 bits per heavy atom. The van der Waals surface area contributed by atoms with Gasteiger partial charge in [0.25, 0.3) is 0 Å². The normalized spacial score (nSPS) is 36.9. The second-order valence-corrected chi connectivity index (χ2v) is 3.43. The molecule has 1 amide bonds. The first-order valence-electron chi connectivity index (χ1n) is 4.17. The summed E-state index contributed by atoms with van der Waals surface area (Å²) in [5.41, 5.74) is 0.111. The summed E-state index contributed by atoms with van der Waals surface area (Å²) in [6.07, 6.45) is 4.32. The Labute approximate surface area is 66.3 Å². The zero-order valence-electron chi connectivity index (χ0n) is 6.58. The van der Waals surface area contributed by atoms with Gasteiger partial charge >= 0.3 is 0 Å². The number of ether oxygens (including phenoxy) is 1. The van der Waals surface area contributed by atoms with Gasteiger partial charge in [-0.05, 0) is 19.3 Å². The number of nitrogens with zero attached hydrogens (tertiary/aromatic N) is 1. The smallest absolute Gasteiger partial charge is 0.210 e. The molecule has 2 saturated heterocycles. The van der Waals surface area contributed by atoms with Crippen molar-refractivity contribution in [2.24, 2.45) is 0 Å². The molecule has 1 unspecified atom stereocenters. The molecular formula is C8H13NO2. The Bertz CT molecular complexity index is 163. The van der Waals surface area contributed by atoms with Crippen LogP contribution in [0, 0.1) is 0 Å². The van der Waals surface area contributed by atoms with E-state index in [-0.39, 0.29) is 5.54 Å². The van der Waals surface area contributed by atoms with Crippen LogP contribution in [0.4, 0.5) is 0 Å². The minimum absolute atomic E-state index is 0.111. The second-order valence-electron chi connectivity index (χ2n) is 3.43. The van der Waals surface area contributed by atoms with E-state index in [1.807, 2.05) is 4.90 Å². The first-order valence-corrected chi connectivity index (χ1v) is 4.17. The molecule has 1 spiro atoms. The number of hydrogen-bond acceptors (Lipinski definition) is 2. The molecule has 3 nitrogen and oxygen atoms in total. The van der Waals surface area contributed by atoms with Gasteiger partial charge < -0.3 is 9.64 Å². The van der Waals surface area contributed by atoms with Crippen LogP contribution in [0.3, 0.4) is 0 Å². The van der Waals surface area contributed by atoms with Crippen molar-refractivity contribution in [3.05, 3.63) is 0 Å². The summed E-state index contributed by atoms with van der Waals surface area (Å²) in [4.78, 5) is 12.4. The average molecular weight is 155 g/mol. The van der Waals surface area contributed by atoms with Crippen molar-refractivity contribution in [3.8, 4) is 0 Å². The highest BCUT2D eigenvalue weighted by atomic mass is 16.5. The van der Waals surface area contributed by atoms with E-state index in [1.54, 1.807) is 0 Å². The van der Waals surface area contributed by atoms with E-state index in [2.05, 4.69) is 0 Å². The lowest BCUT2D eigenvalue weighted by atomic mass is 9.81. The van der Waals surface area contributed by atoms with Crippen molar-refractivity contribution in [3.63, 3.8) is 0 Å². The molecule has 0 aromatic rings. The van der Waals surface area contributed by atoms with Crippen LogP contribution in [-0.4, -0.2) is 36.6 Å². The van der Waals surface area contributed by atoms with E-state index in [0.717, 1.165) is 45.4 Å². The number of carbonyl (C=O) groups is 1. The zero-order chi connectivity index (χ0) is 7.73. The van der Waals surface area contributed by atoms with Gasteiger partial charge in [-0.3, -0.25) is 4.79 Å². The van der Waals surface area contributed by atoms with Gasteiger partial charge in [-0.25, -0.2) is 0 Å². The Kier molecular flexibility index (Phi) is 1.60. The fourth-order valence-electron chi connectivity index (χ4n) is 1.98. The molecule has 0 radical (unpaired) electrons. The quantitative estimate of drug-likeness (QED) is 0.513. The third kappa shape index (κ3) is 0.948. The summed E-state index contributed by atoms with van der Waals surface area (Å²) in [6, 6.07) is 0. The molecule has 0 saturated carbocycles. The highest BCUT2D eigenvalue weighted by molar-refractivity contribution is 5.51. The standard InChI is InChI=1S/C8H13NO2/c10-7-9-4-3-8(9)2-1-5-11-6-8/h7H,1-6H2. The number of hydrogen-bond donors (Lipinski definition) is 0. The maximum Gasteiger partial charge on any atom is 0.210 e. The second kappa shape index (κ2) is 2.48. The summed E-state index contributed by atoms with van der Waals surface area (Å²) in [5.74, 6) is 0. The van der Waals surface area contributed by atoms with Crippen molar-refractivity contribution in [2.75, 3.05) is 19.8 Å². The lowest BCUT2D eigenvalue weighted by molar-refractivity contribution is -0.147. The number of carbonyl (C=O) groups excluding carboxylic acids is 1. The zero-order valence-corrected chi connectivity index (χ0v) is 6.58. The minimum Gasteiger partial charge on any atom is -0.379 e. The van der Waals surface area contributed by atoms with Crippen LogP contribution in [0.5, 0.6) is 0 Å². The predicted molar refractivity (Wildman–Crippen MR) is 40.2 cm³/mol. The van der Waals surface area contributed by atoms with Crippen LogP contribution >= 0.6 is 0 Å². The Balaban J connectivity index is 2.02. The predicted octanol–water partition coefficient (Wildman–Crippen LogP) is 0.398. The van der Waals surface area contributed by atoms with Crippen LogP contribution in [-0.2, 0) is 9.53 Å². The summed E-state index contributed by atoms with van der Waals surface area (Å²) < 4.78 is 5.36. The largest absolute Gasteiger partial charge is 0.379 e. The fourth-order valence-corrected chi connectivity index (χ4v) is 1.98. The van der Waals surface area contributed by atoms with Crippen molar-refractivity contribution in [2.45, 2.75) is 24.8 Å². The van der Waals surface area contributed by atoms with Crippen LogP contribution in [0.15, 0.2) is 0 Å². The Hall–Kier alpha value is -0.570. The van der Waals surface area contributed by atoms with E-state index in [0.29, 0.717) is 0 Å². The van der Waals surface area contributed by atoms with Gasteiger partial charge in [0.05, 0.1) is 12.1 Å². The van der Waals surface area contributed by atoms with E-state index < -0.39 is 0 Å². The molecule has 2 fully saturated rings. The van der Waals surface area contributed by atoms with E-state index in [9.17, 15) is 4.79 Å². The minimum atomic E-state index is 0.111. The van der Waals surface area contributed by atoms with E-state index in [4.69, 9.17) is 4.74 Å². The number of rotatable bonds is 1. The highest BCUT2D eigenvalue weighted by Gasteiger charge is 2.45. The topological polar surface area (TPSA) is 29.5 Å². The highest BCUT2D eigenvalue weighted by Crippen LogP contribution is 2.36. The average Bonchev–Trinajstić information content (AvgIpc) is 2.05. The van der Waals surface area contributed by atoms with Gasteiger partial charge in [0.1, 0.15) is 0 Å². The number of likely N-dealkylation sites (tertiary alicyclic amines) is 1. The van der Waals surface area contributed by atoms with Gasteiger partial charge in [-0.2, -0.15) is 0 Å². The lowest BCUT2D eigenvalue weighted by Crippen LogP contribution is -2.63. The van der Waals surface area contributed by atoms with Gasteiger partial charge in [-0.15, -0.1) is 0 Å². The molecule has 3 heteroatoms. The summed E-state index contributed by atoms with van der Waals surface area (Å²) in [5, 5.41) is 0. The van der Waals surface area contributed by atoms with Gasteiger partial charge in [0.2, 0.25) is 6.41 Å². The van der Waals surface area contributed by atoms with Gasteiger partial charge in [0, 0.05) is 13.2 Å². The molecule has 1 atom stereocenters. The molecule has 0 aliphatic carbocycles. The van der Waals surface area contributed by atoms with Crippen LogP contribution < -0.4 is 0 Å². The maximum atomic E-state index is 10.5. The fraction of sp³-hybridized carbons (Fsp3) is 0.875.